The number of nitrogens with one attached hydrogen (secondary N) is 1. The number of hydrogen-bond acceptors (Lipinski definition) is 5. The Bertz CT molecular complexity index is 847. The van der Waals surface area contributed by atoms with Crippen molar-refractivity contribution in [2.75, 3.05) is 26.0 Å². The Morgan fingerprint density at radius 1 is 1.22 bits per heavy atom. The van der Waals surface area contributed by atoms with Crippen LogP contribution in [0.25, 0.3) is 0 Å². The average molecular weight is 396 g/mol. The molecule has 0 radical (unpaired) electrons. The van der Waals surface area contributed by atoms with Gasteiger partial charge >= 0.3 is 5.97 Å². The standard InChI is InChI=1S/C18H24N2O6S/c1-4-26-15-10-9-12(11-16(15)27(24,25)20(2)3)19-17(21)13-7-5-6-8-14(13)18(22)23/h5-6,9-11,13-14H,4,7-8H2,1-3H3,(H,19,21)(H,22,23)/t13-,14-/m1/s1. The first kappa shape index (κ1) is 20.9. The predicted octanol–water partition coefficient (Wildman–Crippen LogP) is 1.94. The largest absolute Gasteiger partial charge is 0.492 e. The van der Waals surface area contributed by atoms with Gasteiger partial charge in [0.25, 0.3) is 0 Å². The van der Waals surface area contributed by atoms with Crippen molar-refractivity contribution in [2.45, 2.75) is 24.7 Å². The zero-order chi connectivity index (χ0) is 20.2. The topological polar surface area (TPSA) is 113 Å². The number of carboxylic acids is 1. The maximum Gasteiger partial charge on any atom is 0.307 e. The van der Waals surface area contributed by atoms with Gasteiger partial charge in [-0.25, -0.2) is 12.7 Å². The van der Waals surface area contributed by atoms with Crippen molar-refractivity contribution in [3.05, 3.63) is 30.4 Å². The van der Waals surface area contributed by atoms with Gasteiger partial charge in [-0.1, -0.05) is 12.2 Å². The molecule has 1 amide bonds. The molecule has 0 aromatic heterocycles. The van der Waals surface area contributed by atoms with Crippen LogP contribution in [0.2, 0.25) is 0 Å². The zero-order valence-electron chi connectivity index (χ0n) is 15.5. The summed E-state index contributed by atoms with van der Waals surface area (Å²) >= 11 is 0. The second kappa shape index (κ2) is 8.53. The lowest BCUT2D eigenvalue weighted by Gasteiger charge is -2.24. The Hall–Kier alpha value is -2.39. The molecule has 1 aliphatic rings. The maximum absolute atomic E-state index is 12.6. The lowest BCUT2D eigenvalue weighted by molar-refractivity contribution is -0.146. The number of anilines is 1. The van der Waals surface area contributed by atoms with Crippen LogP contribution in [0.1, 0.15) is 19.8 Å². The molecule has 9 heteroatoms. The molecule has 0 aliphatic heterocycles. The molecule has 2 N–H and O–H groups in total. The van der Waals surface area contributed by atoms with Crippen LogP contribution in [0.5, 0.6) is 5.75 Å². The molecular formula is C18H24N2O6S. The summed E-state index contributed by atoms with van der Waals surface area (Å²) < 4.78 is 31.6. The van der Waals surface area contributed by atoms with Crippen LogP contribution < -0.4 is 10.1 Å². The summed E-state index contributed by atoms with van der Waals surface area (Å²) in [6, 6.07) is 4.34. The number of ether oxygens (including phenoxy) is 1. The third-order valence-electron chi connectivity index (χ3n) is 4.36. The van der Waals surface area contributed by atoms with Crippen LogP contribution in [0.3, 0.4) is 0 Å². The Morgan fingerprint density at radius 3 is 2.41 bits per heavy atom. The summed E-state index contributed by atoms with van der Waals surface area (Å²) in [5, 5.41) is 12.0. The third-order valence-corrected chi connectivity index (χ3v) is 6.19. The number of carboxylic acid groups (broad SMARTS) is 1. The number of benzene rings is 1. The second-order valence-electron chi connectivity index (χ2n) is 6.37. The fourth-order valence-corrected chi connectivity index (χ4v) is 3.92. The van der Waals surface area contributed by atoms with E-state index in [9.17, 15) is 23.1 Å². The highest BCUT2D eigenvalue weighted by atomic mass is 32.2. The van der Waals surface area contributed by atoms with Gasteiger partial charge in [0.2, 0.25) is 15.9 Å². The van der Waals surface area contributed by atoms with Crippen molar-refractivity contribution in [3.63, 3.8) is 0 Å². The van der Waals surface area contributed by atoms with Crippen LogP contribution in [0, 0.1) is 11.8 Å². The number of hydrogen-bond donors (Lipinski definition) is 2. The van der Waals surface area contributed by atoms with Gasteiger partial charge in [0.15, 0.2) is 0 Å². The minimum Gasteiger partial charge on any atom is -0.492 e. The van der Waals surface area contributed by atoms with Gasteiger partial charge in [-0.05, 0) is 38.0 Å². The number of rotatable bonds is 7. The van der Waals surface area contributed by atoms with Gasteiger partial charge < -0.3 is 15.2 Å². The van der Waals surface area contributed by atoms with E-state index in [1.54, 1.807) is 19.1 Å². The van der Waals surface area contributed by atoms with E-state index < -0.39 is 33.7 Å². The van der Waals surface area contributed by atoms with Gasteiger partial charge in [0, 0.05) is 19.8 Å². The number of carbonyl (C=O) groups excluding carboxylic acids is 1. The Morgan fingerprint density at radius 2 is 1.85 bits per heavy atom. The number of allylic oxidation sites excluding steroid dienone is 2. The molecule has 148 valence electrons. The SMILES string of the molecule is CCOc1ccc(NC(=O)[C@@H]2CC=CC[C@H]2C(=O)O)cc1S(=O)(=O)N(C)C. The maximum atomic E-state index is 12.6. The van der Waals surface area contributed by atoms with Crippen molar-refractivity contribution in [1.29, 1.82) is 0 Å². The molecule has 0 fully saturated rings. The summed E-state index contributed by atoms with van der Waals surface area (Å²) in [6.45, 7) is 2.03. The van der Waals surface area contributed by atoms with Gasteiger partial charge in [-0.3, -0.25) is 9.59 Å². The van der Waals surface area contributed by atoms with Crippen molar-refractivity contribution >= 4 is 27.6 Å². The van der Waals surface area contributed by atoms with Crippen LogP contribution >= 0.6 is 0 Å². The van der Waals surface area contributed by atoms with Crippen LogP contribution in [-0.2, 0) is 19.6 Å². The lowest BCUT2D eigenvalue weighted by atomic mass is 9.82. The van der Waals surface area contributed by atoms with Gasteiger partial charge in [-0.2, -0.15) is 0 Å². The third kappa shape index (κ3) is 4.67. The number of amides is 1. The smallest absolute Gasteiger partial charge is 0.307 e. The molecule has 0 spiro atoms. The van der Waals surface area contributed by atoms with E-state index >= 15 is 0 Å². The first-order valence-electron chi connectivity index (χ1n) is 8.56. The van der Waals surface area contributed by atoms with Crippen LogP contribution in [-0.4, -0.2) is 50.4 Å². The summed E-state index contributed by atoms with van der Waals surface area (Å²) in [7, 11) is -0.976. The molecule has 0 saturated heterocycles. The van der Waals surface area contributed by atoms with E-state index in [4.69, 9.17) is 4.74 Å². The first-order valence-corrected chi connectivity index (χ1v) is 10.0. The molecule has 0 bridgehead atoms. The Kier molecular flexibility index (Phi) is 6.61. The molecule has 0 unspecified atom stereocenters. The number of nitrogens with zero attached hydrogens (tertiary/aromatic N) is 1. The van der Waals surface area contributed by atoms with Gasteiger partial charge in [-0.15, -0.1) is 0 Å². The van der Waals surface area contributed by atoms with E-state index in [-0.39, 0.29) is 29.4 Å². The molecular weight excluding hydrogens is 372 g/mol. The molecule has 8 nitrogen and oxygen atoms in total. The highest BCUT2D eigenvalue weighted by Crippen LogP contribution is 2.31. The molecule has 27 heavy (non-hydrogen) atoms. The zero-order valence-corrected chi connectivity index (χ0v) is 16.3. The summed E-state index contributed by atoms with van der Waals surface area (Å²) in [4.78, 5) is 23.9. The predicted molar refractivity (Wildman–Crippen MR) is 100 cm³/mol. The van der Waals surface area contributed by atoms with E-state index in [1.807, 2.05) is 0 Å². The second-order valence-corrected chi connectivity index (χ2v) is 8.49. The fraction of sp³-hybridized carbons (Fsp3) is 0.444. The normalized spacial score (nSPS) is 19.7. The van der Waals surface area contributed by atoms with E-state index in [0.29, 0.717) is 6.42 Å². The van der Waals surface area contributed by atoms with Crippen LogP contribution in [0.15, 0.2) is 35.2 Å². The average Bonchev–Trinajstić information content (AvgIpc) is 2.62. The summed E-state index contributed by atoms with van der Waals surface area (Å²) in [5.74, 6) is -2.81. The number of sulfonamides is 1. The number of aliphatic carboxylic acids is 1. The minimum atomic E-state index is -3.79. The van der Waals surface area contributed by atoms with E-state index in [2.05, 4.69) is 5.32 Å². The minimum absolute atomic E-state index is 0.0644. The Balaban J connectivity index is 2.32. The molecule has 0 heterocycles. The molecule has 2 atom stereocenters. The molecule has 1 aromatic rings. The van der Waals surface area contributed by atoms with Crippen molar-refractivity contribution < 1.29 is 27.9 Å². The Labute approximate surface area is 158 Å². The number of carbonyl (C=O) groups is 2. The lowest BCUT2D eigenvalue weighted by Crippen LogP contribution is -2.34. The van der Waals surface area contributed by atoms with Crippen molar-refractivity contribution in [1.82, 2.24) is 4.31 Å². The van der Waals surface area contributed by atoms with Crippen molar-refractivity contribution in [3.8, 4) is 5.75 Å². The highest BCUT2D eigenvalue weighted by Gasteiger charge is 2.34. The van der Waals surface area contributed by atoms with E-state index in [1.165, 1.54) is 32.3 Å². The quantitative estimate of drug-likeness (QED) is 0.681. The summed E-state index contributed by atoms with van der Waals surface area (Å²) in [5.41, 5.74) is 0.266. The van der Waals surface area contributed by atoms with Crippen LogP contribution in [0.4, 0.5) is 5.69 Å². The molecule has 2 rings (SSSR count). The van der Waals surface area contributed by atoms with Crippen molar-refractivity contribution in [2.24, 2.45) is 11.8 Å². The molecule has 0 saturated carbocycles. The van der Waals surface area contributed by atoms with E-state index in [0.717, 1.165) is 4.31 Å². The molecule has 1 aliphatic carbocycles. The monoisotopic (exact) mass is 396 g/mol. The molecule has 1 aromatic carbocycles. The first-order chi connectivity index (χ1) is 12.7. The highest BCUT2D eigenvalue weighted by molar-refractivity contribution is 7.89. The van der Waals surface area contributed by atoms with Gasteiger partial charge in [0.05, 0.1) is 18.4 Å². The fourth-order valence-electron chi connectivity index (χ4n) is 2.87. The summed E-state index contributed by atoms with van der Waals surface area (Å²) in [6.07, 6.45) is 4.14. The van der Waals surface area contributed by atoms with Gasteiger partial charge in [0.1, 0.15) is 10.6 Å².